The fourth-order valence-electron chi connectivity index (χ4n) is 1.27. The lowest BCUT2D eigenvalue weighted by molar-refractivity contribution is -0.118. The van der Waals surface area contributed by atoms with E-state index in [2.05, 4.69) is 6.92 Å². The summed E-state index contributed by atoms with van der Waals surface area (Å²) in [5, 5.41) is 0. The van der Waals surface area contributed by atoms with E-state index in [0.29, 0.717) is 6.04 Å². The summed E-state index contributed by atoms with van der Waals surface area (Å²) in [6, 6.07) is 0.601. The topological polar surface area (TPSA) is 20.3 Å². The molecular weight excluding hydrogens is 138 g/mol. The molecule has 0 N–H and O–H groups in total. The number of rotatable bonds is 6. The number of hydrogen-bond acceptors (Lipinski definition) is 1. The van der Waals surface area contributed by atoms with Crippen LogP contribution in [0.3, 0.4) is 0 Å². The van der Waals surface area contributed by atoms with Crippen molar-refractivity contribution in [1.29, 1.82) is 0 Å². The van der Waals surface area contributed by atoms with E-state index in [9.17, 15) is 4.79 Å². The van der Waals surface area contributed by atoms with Crippen molar-refractivity contribution in [2.75, 3.05) is 6.54 Å². The summed E-state index contributed by atoms with van der Waals surface area (Å²) in [4.78, 5) is 12.5. The Labute approximate surface area is 68.6 Å². The molecule has 0 aromatic rings. The van der Waals surface area contributed by atoms with Crippen LogP contribution < -0.4 is 0 Å². The predicted octanol–water partition coefficient (Wildman–Crippen LogP) is 1.80. The molecule has 11 heavy (non-hydrogen) atoms. The van der Waals surface area contributed by atoms with Gasteiger partial charge >= 0.3 is 0 Å². The van der Waals surface area contributed by atoms with E-state index >= 15 is 0 Å². The van der Waals surface area contributed by atoms with Crippen LogP contribution in [0.4, 0.5) is 0 Å². The Morgan fingerprint density at radius 1 is 1.45 bits per heavy atom. The van der Waals surface area contributed by atoms with Crippen LogP contribution in [0.2, 0.25) is 0 Å². The maximum Gasteiger partial charge on any atom is 0.209 e. The summed E-state index contributed by atoms with van der Waals surface area (Å²) in [7, 11) is 0. The predicted molar refractivity (Wildman–Crippen MR) is 45.3 cm³/mol. The van der Waals surface area contributed by atoms with Gasteiger partial charge in [-0.2, -0.15) is 0 Å². The molecule has 1 rings (SSSR count). The summed E-state index contributed by atoms with van der Waals surface area (Å²) in [6.07, 6.45) is 7.11. The minimum atomic E-state index is 0.601. The molecular formula is C9H17NO. The molecule has 0 radical (unpaired) electrons. The maximum absolute atomic E-state index is 10.5. The van der Waals surface area contributed by atoms with E-state index in [1.165, 1.54) is 32.1 Å². The molecule has 1 saturated carbocycles. The maximum atomic E-state index is 10.5. The molecule has 2 heteroatoms. The molecule has 0 aliphatic heterocycles. The second-order valence-electron chi connectivity index (χ2n) is 3.28. The summed E-state index contributed by atoms with van der Waals surface area (Å²) in [6.45, 7) is 3.16. The zero-order valence-corrected chi connectivity index (χ0v) is 7.25. The molecule has 0 aromatic carbocycles. The summed E-state index contributed by atoms with van der Waals surface area (Å²) in [5.74, 6) is 0. The molecule has 0 atom stereocenters. The van der Waals surface area contributed by atoms with Gasteiger partial charge < -0.3 is 4.90 Å². The van der Waals surface area contributed by atoms with Gasteiger partial charge in [-0.25, -0.2) is 0 Å². The average Bonchev–Trinajstić information content (AvgIpc) is 2.81. The van der Waals surface area contributed by atoms with Crippen molar-refractivity contribution >= 4 is 6.41 Å². The van der Waals surface area contributed by atoms with Crippen molar-refractivity contribution in [2.24, 2.45) is 0 Å². The van der Waals surface area contributed by atoms with Crippen LogP contribution in [-0.2, 0) is 4.79 Å². The molecule has 0 aromatic heterocycles. The number of carbonyl (C=O) groups excluding carboxylic acids is 1. The monoisotopic (exact) mass is 155 g/mol. The molecule has 64 valence electrons. The smallest absolute Gasteiger partial charge is 0.209 e. The highest BCUT2D eigenvalue weighted by Gasteiger charge is 2.27. The first-order chi connectivity index (χ1) is 5.38. The van der Waals surface area contributed by atoms with Crippen LogP contribution in [-0.4, -0.2) is 23.9 Å². The lowest BCUT2D eigenvalue weighted by Crippen LogP contribution is -2.25. The SMILES string of the molecule is CCCCCN(C=O)C1CC1. The number of unbranched alkanes of at least 4 members (excludes halogenated alkanes) is 2. The zero-order chi connectivity index (χ0) is 8.10. The van der Waals surface area contributed by atoms with Crippen molar-refractivity contribution in [1.82, 2.24) is 4.90 Å². The summed E-state index contributed by atoms with van der Waals surface area (Å²) >= 11 is 0. The number of hydrogen-bond donors (Lipinski definition) is 0. The third-order valence-corrected chi connectivity index (χ3v) is 2.17. The van der Waals surface area contributed by atoms with Crippen molar-refractivity contribution < 1.29 is 4.79 Å². The second kappa shape index (κ2) is 4.37. The molecule has 2 nitrogen and oxygen atoms in total. The van der Waals surface area contributed by atoms with Gasteiger partial charge in [0.1, 0.15) is 0 Å². The van der Waals surface area contributed by atoms with Gasteiger partial charge in [-0.1, -0.05) is 19.8 Å². The second-order valence-corrected chi connectivity index (χ2v) is 3.28. The Morgan fingerprint density at radius 2 is 2.18 bits per heavy atom. The van der Waals surface area contributed by atoms with Gasteiger partial charge in [-0.3, -0.25) is 4.79 Å². The van der Waals surface area contributed by atoms with E-state index in [-0.39, 0.29) is 0 Å². The summed E-state index contributed by atoms with van der Waals surface area (Å²) in [5.41, 5.74) is 0. The highest BCUT2D eigenvalue weighted by molar-refractivity contribution is 5.48. The molecule has 1 aliphatic rings. The van der Waals surface area contributed by atoms with Gasteiger partial charge in [-0.15, -0.1) is 0 Å². The highest BCUT2D eigenvalue weighted by Crippen LogP contribution is 2.25. The first-order valence-electron chi connectivity index (χ1n) is 4.59. The normalized spacial score (nSPS) is 16.5. The van der Waals surface area contributed by atoms with Crippen molar-refractivity contribution in [3.63, 3.8) is 0 Å². The van der Waals surface area contributed by atoms with Gasteiger partial charge in [0.25, 0.3) is 0 Å². The molecule has 0 bridgehead atoms. The van der Waals surface area contributed by atoms with Crippen LogP contribution in [0.1, 0.15) is 39.0 Å². The number of nitrogens with zero attached hydrogens (tertiary/aromatic N) is 1. The van der Waals surface area contributed by atoms with Crippen LogP contribution in [0.25, 0.3) is 0 Å². The Balaban J connectivity index is 2.05. The minimum Gasteiger partial charge on any atom is -0.342 e. The van der Waals surface area contributed by atoms with Gasteiger partial charge in [0.2, 0.25) is 6.41 Å². The van der Waals surface area contributed by atoms with Crippen molar-refractivity contribution in [3.8, 4) is 0 Å². The number of amides is 1. The van der Waals surface area contributed by atoms with E-state index in [4.69, 9.17) is 0 Å². The van der Waals surface area contributed by atoms with Gasteiger partial charge in [0.15, 0.2) is 0 Å². The van der Waals surface area contributed by atoms with Crippen LogP contribution in [0.5, 0.6) is 0 Å². The third kappa shape index (κ3) is 2.91. The van der Waals surface area contributed by atoms with Crippen molar-refractivity contribution in [2.45, 2.75) is 45.1 Å². The fraction of sp³-hybridized carbons (Fsp3) is 0.889. The van der Waals surface area contributed by atoms with Crippen LogP contribution in [0, 0.1) is 0 Å². The lowest BCUT2D eigenvalue weighted by atomic mass is 10.2. The van der Waals surface area contributed by atoms with E-state index < -0.39 is 0 Å². The van der Waals surface area contributed by atoms with Crippen LogP contribution in [0.15, 0.2) is 0 Å². The molecule has 0 saturated heterocycles. The highest BCUT2D eigenvalue weighted by atomic mass is 16.1. The lowest BCUT2D eigenvalue weighted by Gasteiger charge is -2.15. The molecule has 0 spiro atoms. The number of carbonyl (C=O) groups is 1. The molecule has 0 heterocycles. The Kier molecular flexibility index (Phi) is 3.40. The Morgan fingerprint density at radius 3 is 2.64 bits per heavy atom. The molecule has 1 fully saturated rings. The standard InChI is InChI=1S/C9H17NO/c1-2-3-4-7-10(8-11)9-5-6-9/h8-9H,2-7H2,1H3. The molecule has 1 amide bonds. The quantitative estimate of drug-likeness (QED) is 0.423. The molecule has 1 aliphatic carbocycles. The Hall–Kier alpha value is -0.530. The summed E-state index contributed by atoms with van der Waals surface area (Å²) < 4.78 is 0. The van der Waals surface area contributed by atoms with Crippen LogP contribution >= 0.6 is 0 Å². The van der Waals surface area contributed by atoms with E-state index in [1.54, 1.807) is 0 Å². The Bertz CT molecular complexity index is 121. The minimum absolute atomic E-state index is 0.601. The molecule has 0 unspecified atom stereocenters. The van der Waals surface area contributed by atoms with Crippen molar-refractivity contribution in [3.05, 3.63) is 0 Å². The van der Waals surface area contributed by atoms with Gasteiger partial charge in [0, 0.05) is 12.6 Å². The van der Waals surface area contributed by atoms with E-state index in [0.717, 1.165) is 13.0 Å². The van der Waals surface area contributed by atoms with Gasteiger partial charge in [-0.05, 0) is 19.3 Å². The largest absolute Gasteiger partial charge is 0.342 e. The fourth-order valence-corrected chi connectivity index (χ4v) is 1.27. The third-order valence-electron chi connectivity index (χ3n) is 2.17. The van der Waals surface area contributed by atoms with E-state index in [1.807, 2.05) is 4.90 Å². The first-order valence-corrected chi connectivity index (χ1v) is 4.59. The average molecular weight is 155 g/mol. The first kappa shape index (κ1) is 8.57. The zero-order valence-electron chi connectivity index (χ0n) is 7.25. The van der Waals surface area contributed by atoms with Gasteiger partial charge in [0.05, 0.1) is 0 Å².